The van der Waals surface area contributed by atoms with Gasteiger partial charge in [0.15, 0.2) is 0 Å². The number of carbonyl (C=O) groups is 1. The maximum atomic E-state index is 11.8. The van der Waals surface area contributed by atoms with Gasteiger partial charge in [-0.3, -0.25) is 4.79 Å². The van der Waals surface area contributed by atoms with Gasteiger partial charge in [-0.2, -0.15) is 0 Å². The molecule has 4 nitrogen and oxygen atoms in total. The van der Waals surface area contributed by atoms with Crippen molar-refractivity contribution < 1.29 is 4.79 Å². The van der Waals surface area contributed by atoms with Gasteiger partial charge in [-0.15, -0.1) is 0 Å². The number of nitrogens with one attached hydrogen (secondary N) is 1. The second kappa shape index (κ2) is 5.23. The second-order valence-corrected chi connectivity index (χ2v) is 4.74. The summed E-state index contributed by atoms with van der Waals surface area (Å²) in [7, 11) is 1.99. The van der Waals surface area contributed by atoms with Crippen molar-refractivity contribution in [3.63, 3.8) is 0 Å². The second-order valence-electron chi connectivity index (χ2n) is 4.74. The topological polar surface area (TPSA) is 60.0 Å². The van der Waals surface area contributed by atoms with Crippen molar-refractivity contribution in [3.8, 4) is 0 Å². The van der Waals surface area contributed by atoms with Crippen molar-refractivity contribution in [3.05, 3.63) is 36.0 Å². The molecule has 18 heavy (non-hydrogen) atoms. The van der Waals surface area contributed by atoms with Crippen LogP contribution in [0.2, 0.25) is 0 Å². The number of nitrogens with two attached hydrogens (primary N) is 1. The van der Waals surface area contributed by atoms with Gasteiger partial charge in [-0.25, -0.2) is 0 Å². The lowest BCUT2D eigenvalue weighted by atomic mass is 10.1. The number of aryl methyl sites for hydroxylation is 1. The summed E-state index contributed by atoms with van der Waals surface area (Å²) in [6.07, 6.45) is 2.41. The van der Waals surface area contributed by atoms with Crippen LogP contribution in [0.4, 0.5) is 0 Å². The molecule has 0 bridgehead atoms. The van der Waals surface area contributed by atoms with Gasteiger partial charge in [0.1, 0.15) is 0 Å². The standard InChI is InChI=1S/C14H19N3O/c1-10(15)8-16-14(18)7-11-9-17(2)13-6-4-3-5-12(11)13/h3-6,9-10H,7-8,15H2,1-2H3,(H,16,18). The average molecular weight is 245 g/mol. The van der Waals surface area contributed by atoms with Crippen molar-refractivity contribution in [2.45, 2.75) is 19.4 Å². The number of rotatable bonds is 4. The summed E-state index contributed by atoms with van der Waals surface area (Å²) >= 11 is 0. The van der Waals surface area contributed by atoms with Gasteiger partial charge in [-0.05, 0) is 18.6 Å². The zero-order chi connectivity index (χ0) is 13.1. The van der Waals surface area contributed by atoms with E-state index in [1.54, 1.807) is 0 Å². The van der Waals surface area contributed by atoms with Crippen molar-refractivity contribution in [1.82, 2.24) is 9.88 Å². The first-order chi connectivity index (χ1) is 8.58. The van der Waals surface area contributed by atoms with E-state index in [9.17, 15) is 4.79 Å². The molecule has 0 spiro atoms. The highest BCUT2D eigenvalue weighted by atomic mass is 16.1. The fraction of sp³-hybridized carbons (Fsp3) is 0.357. The Morgan fingerprint density at radius 3 is 2.89 bits per heavy atom. The lowest BCUT2D eigenvalue weighted by molar-refractivity contribution is -0.120. The van der Waals surface area contributed by atoms with E-state index in [-0.39, 0.29) is 11.9 Å². The molecule has 0 aliphatic carbocycles. The molecule has 0 radical (unpaired) electrons. The summed E-state index contributed by atoms with van der Waals surface area (Å²) in [4.78, 5) is 11.8. The first-order valence-corrected chi connectivity index (χ1v) is 6.13. The van der Waals surface area contributed by atoms with E-state index in [1.165, 1.54) is 0 Å². The number of hydrogen-bond acceptors (Lipinski definition) is 2. The number of nitrogens with zero attached hydrogens (tertiary/aromatic N) is 1. The predicted molar refractivity (Wildman–Crippen MR) is 73.3 cm³/mol. The van der Waals surface area contributed by atoms with Gasteiger partial charge in [0.05, 0.1) is 6.42 Å². The highest BCUT2D eigenvalue weighted by molar-refractivity contribution is 5.89. The van der Waals surface area contributed by atoms with E-state index >= 15 is 0 Å². The van der Waals surface area contributed by atoms with E-state index in [0.29, 0.717) is 13.0 Å². The third-order valence-electron chi connectivity index (χ3n) is 2.95. The van der Waals surface area contributed by atoms with E-state index in [2.05, 4.69) is 11.4 Å². The average Bonchev–Trinajstić information content (AvgIpc) is 2.65. The number of amides is 1. The number of carbonyl (C=O) groups excluding carboxylic acids is 1. The van der Waals surface area contributed by atoms with E-state index in [4.69, 9.17) is 5.73 Å². The van der Waals surface area contributed by atoms with Gasteiger partial charge in [0.25, 0.3) is 0 Å². The van der Waals surface area contributed by atoms with Gasteiger partial charge in [-0.1, -0.05) is 18.2 Å². The van der Waals surface area contributed by atoms with Crippen LogP contribution < -0.4 is 11.1 Å². The molecule has 0 saturated heterocycles. The molecule has 0 fully saturated rings. The largest absolute Gasteiger partial charge is 0.354 e. The molecule has 1 heterocycles. The molecule has 2 rings (SSSR count). The lowest BCUT2D eigenvalue weighted by Crippen LogP contribution is -2.35. The minimum absolute atomic E-state index is 0.0125. The Morgan fingerprint density at radius 2 is 2.17 bits per heavy atom. The van der Waals surface area contributed by atoms with Crippen LogP contribution in [-0.4, -0.2) is 23.1 Å². The number of fused-ring (bicyclic) bond motifs is 1. The molecule has 1 unspecified atom stereocenters. The summed E-state index contributed by atoms with van der Waals surface area (Å²) < 4.78 is 2.05. The van der Waals surface area contributed by atoms with E-state index in [1.807, 2.05) is 42.9 Å². The molecule has 0 aliphatic rings. The number of benzene rings is 1. The van der Waals surface area contributed by atoms with Crippen molar-refractivity contribution >= 4 is 16.8 Å². The Hall–Kier alpha value is -1.81. The summed E-state index contributed by atoms with van der Waals surface area (Å²) in [5.74, 6) is 0.0173. The number of para-hydroxylation sites is 1. The van der Waals surface area contributed by atoms with Gasteiger partial charge >= 0.3 is 0 Å². The smallest absolute Gasteiger partial charge is 0.224 e. The normalized spacial score (nSPS) is 12.6. The third-order valence-corrected chi connectivity index (χ3v) is 2.95. The molecule has 1 aromatic heterocycles. The van der Waals surface area contributed by atoms with Crippen LogP contribution in [0.15, 0.2) is 30.5 Å². The maximum Gasteiger partial charge on any atom is 0.224 e. The Kier molecular flexibility index (Phi) is 3.67. The maximum absolute atomic E-state index is 11.8. The molecular formula is C14H19N3O. The first-order valence-electron chi connectivity index (χ1n) is 6.13. The minimum Gasteiger partial charge on any atom is -0.354 e. The molecule has 3 N–H and O–H groups in total. The fourth-order valence-electron chi connectivity index (χ4n) is 2.08. The number of hydrogen-bond donors (Lipinski definition) is 2. The molecule has 96 valence electrons. The summed E-state index contributed by atoms with van der Waals surface area (Å²) in [5, 5.41) is 3.97. The Balaban J connectivity index is 2.14. The molecular weight excluding hydrogens is 226 g/mol. The lowest BCUT2D eigenvalue weighted by Gasteiger charge is -2.07. The predicted octanol–water partition coefficient (Wildman–Crippen LogP) is 1.18. The summed E-state index contributed by atoms with van der Waals surface area (Å²) in [5.41, 5.74) is 7.81. The Bertz CT molecular complexity index is 557. The first kappa shape index (κ1) is 12.6. The minimum atomic E-state index is -0.0125. The van der Waals surface area contributed by atoms with Crippen LogP contribution in [-0.2, 0) is 18.3 Å². The van der Waals surface area contributed by atoms with Crippen LogP contribution in [0.5, 0.6) is 0 Å². The van der Waals surface area contributed by atoms with Gasteiger partial charge < -0.3 is 15.6 Å². The molecule has 1 atom stereocenters. The molecule has 4 heteroatoms. The van der Waals surface area contributed by atoms with Crippen LogP contribution >= 0.6 is 0 Å². The Morgan fingerprint density at radius 1 is 1.44 bits per heavy atom. The summed E-state index contributed by atoms with van der Waals surface area (Å²) in [6.45, 7) is 2.39. The highest BCUT2D eigenvalue weighted by Gasteiger charge is 2.10. The van der Waals surface area contributed by atoms with Gasteiger partial charge in [0, 0.05) is 36.7 Å². The van der Waals surface area contributed by atoms with Crippen molar-refractivity contribution in [1.29, 1.82) is 0 Å². The monoisotopic (exact) mass is 245 g/mol. The van der Waals surface area contributed by atoms with Crippen LogP contribution in [0.3, 0.4) is 0 Å². The highest BCUT2D eigenvalue weighted by Crippen LogP contribution is 2.20. The van der Waals surface area contributed by atoms with Crippen LogP contribution in [0, 0.1) is 0 Å². The third kappa shape index (κ3) is 2.71. The quantitative estimate of drug-likeness (QED) is 0.850. The molecule has 1 amide bonds. The van der Waals surface area contributed by atoms with Gasteiger partial charge in [0.2, 0.25) is 5.91 Å². The molecule has 1 aromatic carbocycles. The molecule has 0 saturated carbocycles. The van der Waals surface area contributed by atoms with Crippen LogP contribution in [0.1, 0.15) is 12.5 Å². The number of aromatic nitrogens is 1. The van der Waals surface area contributed by atoms with Crippen LogP contribution in [0.25, 0.3) is 10.9 Å². The molecule has 0 aliphatic heterocycles. The van der Waals surface area contributed by atoms with E-state index in [0.717, 1.165) is 16.5 Å². The zero-order valence-corrected chi connectivity index (χ0v) is 10.8. The fourth-order valence-corrected chi connectivity index (χ4v) is 2.08. The Labute approximate surface area is 107 Å². The van der Waals surface area contributed by atoms with Crippen molar-refractivity contribution in [2.75, 3.05) is 6.54 Å². The zero-order valence-electron chi connectivity index (χ0n) is 10.8. The SMILES string of the molecule is CC(N)CNC(=O)Cc1cn(C)c2ccccc12. The van der Waals surface area contributed by atoms with Crippen molar-refractivity contribution in [2.24, 2.45) is 12.8 Å². The van der Waals surface area contributed by atoms with E-state index < -0.39 is 0 Å². The molecule has 2 aromatic rings. The summed E-state index contributed by atoms with van der Waals surface area (Å²) in [6, 6.07) is 8.08.